The van der Waals surface area contributed by atoms with Gasteiger partial charge in [-0.1, -0.05) is 140 Å². The normalized spacial score (nSPS) is 12.0. The van der Waals surface area contributed by atoms with Crippen molar-refractivity contribution in [2.24, 2.45) is 0 Å². The smallest absolute Gasteiger partial charge is 0.0656 e. The van der Waals surface area contributed by atoms with E-state index in [1.807, 2.05) is 0 Å². The van der Waals surface area contributed by atoms with Crippen LogP contribution in [0.1, 0.15) is 0 Å². The van der Waals surface area contributed by atoms with Crippen molar-refractivity contribution in [3.8, 4) is 22.3 Å². The van der Waals surface area contributed by atoms with Gasteiger partial charge in [-0.15, -0.1) is 0 Å². The van der Waals surface area contributed by atoms with Gasteiger partial charge in [0.15, 0.2) is 0 Å². The van der Waals surface area contributed by atoms with E-state index in [4.69, 9.17) is 0 Å². The van der Waals surface area contributed by atoms with Crippen molar-refractivity contribution in [3.05, 3.63) is 115 Å². The largest absolute Gasteiger partial charge is 0.0776 e. The van der Waals surface area contributed by atoms with E-state index in [9.17, 15) is 0 Å². The lowest BCUT2D eigenvalue weighted by atomic mass is 9.85. The van der Waals surface area contributed by atoms with Crippen LogP contribution in [0.5, 0.6) is 0 Å². The number of hydrogen-bond donors (Lipinski definition) is 0. The Bertz CT molecular complexity index is 1670. The zero-order valence-corrected chi connectivity index (χ0v) is 21.0. The first-order valence-electron chi connectivity index (χ1n) is 12.0. The molecular weight excluding hydrogens is 424 g/mol. The second kappa shape index (κ2) is 7.97. The Morgan fingerprint density at radius 3 is 1.76 bits per heavy atom. The average Bonchev–Trinajstić information content (AvgIpc) is 2.86. The third kappa shape index (κ3) is 3.36. The average molecular weight is 453 g/mol. The van der Waals surface area contributed by atoms with Crippen LogP contribution in [0, 0.1) is 0 Å². The summed E-state index contributed by atoms with van der Waals surface area (Å²) in [4.78, 5) is 0. The van der Waals surface area contributed by atoms with Crippen LogP contribution < -0.4 is 5.19 Å². The van der Waals surface area contributed by atoms with Gasteiger partial charge < -0.3 is 0 Å². The second-order valence-electron chi connectivity index (χ2n) is 10.2. The fourth-order valence-electron chi connectivity index (χ4n) is 5.29. The van der Waals surface area contributed by atoms with Crippen LogP contribution in [0.2, 0.25) is 19.6 Å². The van der Waals surface area contributed by atoms with E-state index >= 15 is 0 Å². The summed E-state index contributed by atoms with van der Waals surface area (Å²) in [5.74, 6) is 0. The molecule has 0 heterocycles. The standard InChI is InChI=1S/C33H28Si/c1-34(2,3)25-20-21-30-31(22-25)32(24-13-5-4-6-14-24)28-17-9-10-18-29(28)33(30)27-19-11-15-23-12-7-8-16-26(23)27/h4-22H,1-3H3. The number of hydrogen-bond acceptors (Lipinski definition) is 0. The van der Waals surface area contributed by atoms with Gasteiger partial charge in [-0.05, 0) is 54.6 Å². The highest BCUT2D eigenvalue weighted by Crippen LogP contribution is 2.45. The molecule has 0 unspecified atom stereocenters. The first-order chi connectivity index (χ1) is 16.5. The molecule has 6 aromatic rings. The molecular formula is C33H28Si. The fraction of sp³-hybridized carbons (Fsp3) is 0.0909. The molecule has 0 aliphatic heterocycles. The lowest BCUT2D eigenvalue weighted by Crippen LogP contribution is -2.37. The van der Waals surface area contributed by atoms with E-state index in [-0.39, 0.29) is 0 Å². The molecule has 1 heteroatoms. The van der Waals surface area contributed by atoms with Crippen LogP contribution >= 0.6 is 0 Å². The Hall–Kier alpha value is -3.68. The van der Waals surface area contributed by atoms with Crippen molar-refractivity contribution < 1.29 is 0 Å². The number of fused-ring (bicyclic) bond motifs is 3. The monoisotopic (exact) mass is 452 g/mol. The van der Waals surface area contributed by atoms with Gasteiger partial charge in [-0.3, -0.25) is 0 Å². The van der Waals surface area contributed by atoms with Crippen molar-refractivity contribution in [1.82, 2.24) is 0 Å². The molecule has 0 saturated heterocycles. The summed E-state index contributed by atoms with van der Waals surface area (Å²) in [7, 11) is -1.48. The third-order valence-corrected chi connectivity index (χ3v) is 9.05. The number of rotatable bonds is 3. The summed E-state index contributed by atoms with van der Waals surface area (Å²) < 4.78 is 0. The Balaban J connectivity index is 1.85. The van der Waals surface area contributed by atoms with E-state index in [0.717, 1.165) is 0 Å². The molecule has 34 heavy (non-hydrogen) atoms. The number of benzene rings is 6. The van der Waals surface area contributed by atoms with Crippen molar-refractivity contribution in [1.29, 1.82) is 0 Å². The molecule has 6 aromatic carbocycles. The summed E-state index contributed by atoms with van der Waals surface area (Å²) in [6, 6.07) is 42.6. The molecule has 164 valence electrons. The van der Waals surface area contributed by atoms with Crippen LogP contribution in [-0.2, 0) is 0 Å². The van der Waals surface area contributed by atoms with E-state index in [0.29, 0.717) is 0 Å². The third-order valence-electron chi connectivity index (χ3n) is 7.01. The van der Waals surface area contributed by atoms with Gasteiger partial charge in [0.25, 0.3) is 0 Å². The highest BCUT2D eigenvalue weighted by atomic mass is 28.3. The Morgan fingerprint density at radius 2 is 1.03 bits per heavy atom. The summed E-state index contributed by atoms with van der Waals surface area (Å²) in [6.45, 7) is 7.30. The first-order valence-corrected chi connectivity index (χ1v) is 15.5. The zero-order chi connectivity index (χ0) is 23.3. The summed E-state index contributed by atoms with van der Waals surface area (Å²) in [6.07, 6.45) is 0. The molecule has 0 aliphatic carbocycles. The van der Waals surface area contributed by atoms with Gasteiger partial charge in [0.1, 0.15) is 0 Å². The van der Waals surface area contributed by atoms with Crippen molar-refractivity contribution in [2.45, 2.75) is 19.6 Å². The molecule has 6 rings (SSSR count). The molecule has 0 saturated carbocycles. The van der Waals surface area contributed by atoms with Crippen LogP contribution in [0.3, 0.4) is 0 Å². The second-order valence-corrected chi connectivity index (χ2v) is 15.3. The van der Waals surface area contributed by atoms with E-state index in [1.165, 1.54) is 59.8 Å². The molecule has 0 nitrogen and oxygen atoms in total. The molecule has 0 fully saturated rings. The highest BCUT2D eigenvalue weighted by molar-refractivity contribution is 6.88. The van der Waals surface area contributed by atoms with Gasteiger partial charge in [-0.25, -0.2) is 0 Å². The van der Waals surface area contributed by atoms with Gasteiger partial charge in [-0.2, -0.15) is 0 Å². The Kier molecular flexibility index (Phi) is 4.90. The molecule has 0 atom stereocenters. The minimum absolute atomic E-state index is 1.28. The Morgan fingerprint density at radius 1 is 0.441 bits per heavy atom. The van der Waals surface area contributed by atoms with Gasteiger partial charge in [0.2, 0.25) is 0 Å². The van der Waals surface area contributed by atoms with Crippen LogP contribution in [-0.4, -0.2) is 8.07 Å². The molecule has 0 N–H and O–H groups in total. The van der Waals surface area contributed by atoms with Crippen molar-refractivity contribution in [2.75, 3.05) is 0 Å². The molecule has 0 aliphatic rings. The summed E-state index contributed by atoms with van der Waals surface area (Å²) in [5.41, 5.74) is 5.26. The van der Waals surface area contributed by atoms with Crippen LogP contribution in [0.4, 0.5) is 0 Å². The highest BCUT2D eigenvalue weighted by Gasteiger charge is 2.21. The van der Waals surface area contributed by atoms with Crippen LogP contribution in [0.15, 0.2) is 115 Å². The first kappa shape index (κ1) is 20.9. The fourth-order valence-corrected chi connectivity index (χ4v) is 6.45. The quantitative estimate of drug-likeness (QED) is 0.186. The van der Waals surface area contributed by atoms with E-state index in [2.05, 4.69) is 135 Å². The van der Waals surface area contributed by atoms with Gasteiger partial charge in [0, 0.05) is 0 Å². The molecule has 0 spiro atoms. The van der Waals surface area contributed by atoms with Crippen LogP contribution in [0.25, 0.3) is 54.6 Å². The molecule has 0 aromatic heterocycles. The Labute approximate surface area is 202 Å². The maximum absolute atomic E-state index is 2.49. The molecule has 0 radical (unpaired) electrons. The van der Waals surface area contributed by atoms with E-state index in [1.54, 1.807) is 0 Å². The maximum Gasteiger partial charge on any atom is 0.0776 e. The zero-order valence-electron chi connectivity index (χ0n) is 20.0. The van der Waals surface area contributed by atoms with Crippen molar-refractivity contribution >= 4 is 45.6 Å². The lowest BCUT2D eigenvalue weighted by Gasteiger charge is -2.22. The van der Waals surface area contributed by atoms with Gasteiger partial charge in [0.05, 0.1) is 8.07 Å². The van der Waals surface area contributed by atoms with Crippen molar-refractivity contribution in [3.63, 3.8) is 0 Å². The van der Waals surface area contributed by atoms with E-state index < -0.39 is 8.07 Å². The summed E-state index contributed by atoms with van der Waals surface area (Å²) >= 11 is 0. The minimum Gasteiger partial charge on any atom is -0.0656 e. The predicted molar refractivity (Wildman–Crippen MR) is 153 cm³/mol. The van der Waals surface area contributed by atoms with Gasteiger partial charge >= 0.3 is 0 Å². The SMILES string of the molecule is C[Si](C)(C)c1ccc2c(-c3cccc4ccccc34)c3ccccc3c(-c3ccccc3)c2c1. The maximum atomic E-state index is 2.49. The molecule has 0 amide bonds. The minimum atomic E-state index is -1.48. The predicted octanol–water partition coefficient (Wildman–Crippen LogP) is 9.03. The topological polar surface area (TPSA) is 0 Å². The lowest BCUT2D eigenvalue weighted by molar-refractivity contribution is 1.66. The summed E-state index contributed by atoms with van der Waals surface area (Å²) in [5, 5.41) is 9.39. The molecule has 0 bridgehead atoms.